The average molecular weight is 423 g/mol. The molecule has 4 aromatic rings. The van der Waals surface area contributed by atoms with Crippen LogP contribution in [0.1, 0.15) is 16.7 Å². The number of hydrogen-bond acceptors (Lipinski definition) is 6. The van der Waals surface area contributed by atoms with Gasteiger partial charge in [-0.25, -0.2) is 4.98 Å². The molecule has 0 spiro atoms. The molecule has 152 valence electrons. The fourth-order valence-electron chi connectivity index (χ4n) is 2.94. The van der Waals surface area contributed by atoms with Crippen LogP contribution >= 0.6 is 11.6 Å². The van der Waals surface area contributed by atoms with E-state index in [2.05, 4.69) is 20.4 Å². The molecule has 0 aliphatic carbocycles. The first-order chi connectivity index (χ1) is 14.5. The van der Waals surface area contributed by atoms with Crippen molar-refractivity contribution >= 4 is 28.6 Å². The first-order valence-corrected chi connectivity index (χ1v) is 9.71. The van der Waals surface area contributed by atoms with E-state index in [0.717, 1.165) is 16.7 Å². The molecule has 2 heterocycles. The van der Waals surface area contributed by atoms with Crippen molar-refractivity contribution in [2.24, 2.45) is 0 Å². The number of hydrogen-bond donors (Lipinski definition) is 1. The van der Waals surface area contributed by atoms with Gasteiger partial charge in [0.1, 0.15) is 17.4 Å². The van der Waals surface area contributed by atoms with E-state index >= 15 is 0 Å². The second-order valence-corrected chi connectivity index (χ2v) is 7.32. The summed E-state index contributed by atoms with van der Waals surface area (Å²) in [5.74, 6) is -0.0305. The third-order valence-electron chi connectivity index (χ3n) is 4.76. The maximum atomic E-state index is 12.2. The van der Waals surface area contributed by atoms with E-state index in [-0.39, 0.29) is 18.4 Å². The van der Waals surface area contributed by atoms with E-state index in [1.165, 1.54) is 11.9 Å². The minimum Gasteiger partial charge on any atom is -0.467 e. The van der Waals surface area contributed by atoms with Gasteiger partial charge in [-0.3, -0.25) is 4.79 Å². The van der Waals surface area contributed by atoms with Crippen LogP contribution in [-0.4, -0.2) is 27.6 Å². The zero-order chi connectivity index (χ0) is 21.1. The highest BCUT2D eigenvalue weighted by Crippen LogP contribution is 2.33. The van der Waals surface area contributed by atoms with Crippen LogP contribution in [0.5, 0.6) is 5.88 Å². The number of nitrogens with one attached hydrogen (secondary N) is 1. The van der Waals surface area contributed by atoms with Crippen LogP contribution in [0.2, 0.25) is 5.02 Å². The molecule has 0 aliphatic heterocycles. The van der Waals surface area contributed by atoms with Crippen molar-refractivity contribution in [3.63, 3.8) is 0 Å². The first-order valence-electron chi connectivity index (χ1n) is 9.33. The highest BCUT2D eigenvalue weighted by Gasteiger charge is 2.19. The Morgan fingerprint density at radius 1 is 1.10 bits per heavy atom. The van der Waals surface area contributed by atoms with Gasteiger partial charge in [-0.1, -0.05) is 41.0 Å². The molecule has 0 bridgehead atoms. The van der Waals surface area contributed by atoms with Crippen LogP contribution in [0.3, 0.4) is 0 Å². The molecule has 0 saturated heterocycles. The van der Waals surface area contributed by atoms with Crippen LogP contribution < -0.4 is 10.1 Å². The summed E-state index contributed by atoms with van der Waals surface area (Å²) in [5, 5.41) is 8.12. The highest BCUT2D eigenvalue weighted by molar-refractivity contribution is 6.30. The molecule has 8 heteroatoms. The largest absolute Gasteiger partial charge is 0.467 e. The fourth-order valence-corrected chi connectivity index (χ4v) is 3.07. The average Bonchev–Trinajstić information content (AvgIpc) is 3.18. The molecular formula is C22H19ClN4O3. The van der Waals surface area contributed by atoms with Crippen LogP contribution in [0.25, 0.3) is 22.4 Å². The van der Waals surface area contributed by atoms with Crippen LogP contribution in [0, 0.1) is 13.8 Å². The summed E-state index contributed by atoms with van der Waals surface area (Å²) in [6.45, 7) is 4.25. The maximum Gasteiger partial charge on any atom is 0.265 e. The maximum absolute atomic E-state index is 12.2. The number of ether oxygens (including phenoxy) is 1. The van der Waals surface area contributed by atoms with E-state index in [1.807, 2.05) is 44.2 Å². The second kappa shape index (κ2) is 8.51. The molecule has 0 aliphatic rings. The van der Waals surface area contributed by atoms with Crippen LogP contribution in [-0.2, 0) is 11.3 Å². The summed E-state index contributed by atoms with van der Waals surface area (Å²) in [4.78, 5) is 20.5. The Labute approximate surface area is 178 Å². The van der Waals surface area contributed by atoms with Gasteiger partial charge in [0.2, 0.25) is 5.88 Å². The number of carbonyl (C=O) groups is 1. The van der Waals surface area contributed by atoms with Gasteiger partial charge in [0, 0.05) is 17.1 Å². The molecule has 0 atom stereocenters. The molecule has 4 rings (SSSR count). The van der Waals surface area contributed by atoms with Gasteiger partial charge in [-0.2, -0.15) is 4.98 Å². The minimum atomic E-state index is -0.277. The molecule has 0 fully saturated rings. The zero-order valence-electron chi connectivity index (χ0n) is 16.5. The van der Waals surface area contributed by atoms with Crippen molar-refractivity contribution in [2.45, 2.75) is 20.4 Å². The number of aryl methyl sites for hydroxylation is 2. The molecule has 0 radical (unpaired) electrons. The normalized spacial score (nSPS) is 10.9. The lowest BCUT2D eigenvalue weighted by Gasteiger charge is -2.08. The molecule has 2 aromatic carbocycles. The Balaban J connectivity index is 1.50. The van der Waals surface area contributed by atoms with Gasteiger partial charge in [0.05, 0.1) is 0 Å². The molecule has 30 heavy (non-hydrogen) atoms. The van der Waals surface area contributed by atoms with E-state index in [0.29, 0.717) is 28.4 Å². The van der Waals surface area contributed by atoms with Gasteiger partial charge < -0.3 is 14.6 Å². The summed E-state index contributed by atoms with van der Waals surface area (Å²) in [5.41, 5.74) is 4.98. The van der Waals surface area contributed by atoms with E-state index in [1.54, 1.807) is 12.1 Å². The van der Waals surface area contributed by atoms with Crippen molar-refractivity contribution in [2.75, 3.05) is 6.61 Å². The SMILES string of the molecule is Cc1ccc(-c2noc3ncnc(OCC(=O)NCc4ccc(Cl)cc4)c23)cc1C. The van der Waals surface area contributed by atoms with Crippen molar-refractivity contribution < 1.29 is 14.1 Å². The monoisotopic (exact) mass is 422 g/mol. The Morgan fingerprint density at radius 3 is 2.67 bits per heavy atom. The number of rotatable bonds is 6. The fraction of sp³-hybridized carbons (Fsp3) is 0.182. The first kappa shape index (κ1) is 19.8. The predicted octanol–water partition coefficient (Wildman–Crippen LogP) is 4.25. The topological polar surface area (TPSA) is 90.1 Å². The van der Waals surface area contributed by atoms with Gasteiger partial charge >= 0.3 is 0 Å². The number of carbonyl (C=O) groups excluding carboxylic acids is 1. The number of halogens is 1. The van der Waals surface area contributed by atoms with Crippen molar-refractivity contribution in [1.82, 2.24) is 20.4 Å². The molecule has 2 aromatic heterocycles. The number of benzene rings is 2. The van der Waals surface area contributed by atoms with Gasteiger partial charge in [0.15, 0.2) is 6.61 Å². The van der Waals surface area contributed by atoms with Crippen molar-refractivity contribution in [3.8, 4) is 17.1 Å². The summed E-state index contributed by atoms with van der Waals surface area (Å²) in [6, 6.07) is 13.2. The van der Waals surface area contributed by atoms with Gasteiger partial charge in [-0.05, 0) is 48.7 Å². The summed E-state index contributed by atoms with van der Waals surface area (Å²) in [6.07, 6.45) is 1.32. The summed E-state index contributed by atoms with van der Waals surface area (Å²) >= 11 is 5.87. The zero-order valence-corrected chi connectivity index (χ0v) is 17.2. The second-order valence-electron chi connectivity index (χ2n) is 6.88. The smallest absolute Gasteiger partial charge is 0.265 e. The van der Waals surface area contributed by atoms with E-state index in [9.17, 15) is 4.79 Å². The molecule has 1 N–H and O–H groups in total. The van der Waals surface area contributed by atoms with Crippen LogP contribution in [0.15, 0.2) is 53.3 Å². The Hall–Kier alpha value is -3.45. The van der Waals surface area contributed by atoms with E-state index in [4.69, 9.17) is 20.9 Å². The minimum absolute atomic E-state index is 0.197. The predicted molar refractivity (Wildman–Crippen MR) is 113 cm³/mol. The van der Waals surface area contributed by atoms with Crippen molar-refractivity contribution in [3.05, 3.63) is 70.5 Å². The molecule has 0 saturated carbocycles. The van der Waals surface area contributed by atoms with E-state index < -0.39 is 0 Å². The number of amides is 1. The summed E-state index contributed by atoms with van der Waals surface area (Å²) < 4.78 is 11.0. The highest BCUT2D eigenvalue weighted by atomic mass is 35.5. The third-order valence-corrected chi connectivity index (χ3v) is 5.01. The van der Waals surface area contributed by atoms with Gasteiger partial charge in [-0.15, -0.1) is 0 Å². The van der Waals surface area contributed by atoms with Crippen LogP contribution in [0.4, 0.5) is 0 Å². The molecule has 0 unspecified atom stereocenters. The molecule has 7 nitrogen and oxygen atoms in total. The standard InChI is InChI=1S/C22H19ClN4O3/c1-13-3-6-16(9-14(13)2)20-19-21(25-12-26-22(19)30-27-20)29-11-18(28)24-10-15-4-7-17(23)8-5-15/h3-9,12H,10-11H2,1-2H3,(H,24,28). The Kier molecular flexibility index (Phi) is 5.63. The lowest BCUT2D eigenvalue weighted by Crippen LogP contribution is -2.28. The number of nitrogens with zero attached hydrogens (tertiary/aromatic N) is 3. The van der Waals surface area contributed by atoms with Gasteiger partial charge in [0.25, 0.3) is 11.6 Å². The summed E-state index contributed by atoms with van der Waals surface area (Å²) in [7, 11) is 0. The Morgan fingerprint density at radius 2 is 1.90 bits per heavy atom. The number of fused-ring (bicyclic) bond motifs is 1. The molecular weight excluding hydrogens is 404 g/mol. The number of aromatic nitrogens is 3. The molecule has 1 amide bonds. The quantitative estimate of drug-likeness (QED) is 0.499. The lowest BCUT2D eigenvalue weighted by atomic mass is 10.0. The lowest BCUT2D eigenvalue weighted by molar-refractivity contribution is -0.123. The van der Waals surface area contributed by atoms with Crippen molar-refractivity contribution in [1.29, 1.82) is 0 Å². The third kappa shape index (κ3) is 4.26. The Bertz CT molecular complexity index is 1200.